The quantitative estimate of drug-likeness (QED) is 0.894. The van der Waals surface area contributed by atoms with Gasteiger partial charge in [-0.1, -0.05) is 26.8 Å². The van der Waals surface area contributed by atoms with Gasteiger partial charge in [0.1, 0.15) is 17.7 Å². The average molecular weight is 326 g/mol. The van der Waals surface area contributed by atoms with E-state index in [1.807, 2.05) is 20.8 Å². The zero-order chi connectivity index (χ0) is 17.2. The van der Waals surface area contributed by atoms with E-state index in [0.717, 1.165) is 12.5 Å². The van der Waals surface area contributed by atoms with Crippen molar-refractivity contribution in [2.45, 2.75) is 51.9 Å². The van der Waals surface area contributed by atoms with Gasteiger partial charge in [-0.05, 0) is 24.3 Å². The topological polar surface area (TPSA) is 64.4 Å². The van der Waals surface area contributed by atoms with E-state index in [9.17, 15) is 13.6 Å². The van der Waals surface area contributed by atoms with Gasteiger partial charge in [-0.2, -0.15) is 0 Å². The Morgan fingerprint density at radius 1 is 1.39 bits per heavy atom. The first kappa shape index (κ1) is 17.8. The van der Waals surface area contributed by atoms with Crippen LogP contribution in [0.15, 0.2) is 18.2 Å². The van der Waals surface area contributed by atoms with Crippen LogP contribution in [-0.4, -0.2) is 24.7 Å². The molecule has 6 heteroatoms. The number of halogens is 2. The van der Waals surface area contributed by atoms with E-state index in [1.165, 1.54) is 12.1 Å². The predicted octanol–water partition coefficient (Wildman–Crippen LogP) is 2.67. The predicted molar refractivity (Wildman–Crippen MR) is 83.6 cm³/mol. The molecule has 128 valence electrons. The molecule has 1 aromatic rings. The fraction of sp³-hybridized carbons (Fsp3) is 0.588. The number of benzene rings is 1. The van der Waals surface area contributed by atoms with Crippen LogP contribution in [0, 0.1) is 17.0 Å². The molecule has 0 bridgehead atoms. The Balaban J connectivity index is 2.18. The van der Waals surface area contributed by atoms with Crippen molar-refractivity contribution in [3.63, 3.8) is 0 Å². The zero-order valence-corrected chi connectivity index (χ0v) is 13.7. The van der Waals surface area contributed by atoms with Crippen LogP contribution >= 0.6 is 0 Å². The van der Waals surface area contributed by atoms with Crippen LogP contribution in [0.1, 0.15) is 45.2 Å². The summed E-state index contributed by atoms with van der Waals surface area (Å²) in [4.78, 5) is 12.4. The Bertz CT molecular complexity index is 572. The minimum Gasteiger partial charge on any atom is -0.364 e. The summed E-state index contributed by atoms with van der Waals surface area (Å²) in [5.74, 6) is -1.60. The van der Waals surface area contributed by atoms with Gasteiger partial charge in [0.05, 0.1) is 12.1 Å². The lowest BCUT2D eigenvalue weighted by atomic mass is 9.82. The maximum Gasteiger partial charge on any atom is 0.249 e. The molecule has 1 fully saturated rings. The van der Waals surface area contributed by atoms with E-state index < -0.39 is 29.2 Å². The van der Waals surface area contributed by atoms with Gasteiger partial charge < -0.3 is 15.8 Å². The van der Waals surface area contributed by atoms with Crippen molar-refractivity contribution in [3.8, 4) is 0 Å². The minimum atomic E-state index is -0.669. The molecule has 0 aromatic heterocycles. The number of rotatable bonds is 4. The molecular weight excluding hydrogens is 302 g/mol. The van der Waals surface area contributed by atoms with Crippen LogP contribution in [0.4, 0.5) is 8.78 Å². The highest BCUT2D eigenvalue weighted by atomic mass is 19.1. The number of nitrogens with two attached hydrogens (primary N) is 1. The molecule has 1 aromatic carbocycles. The summed E-state index contributed by atoms with van der Waals surface area (Å²) in [6.45, 7) is 6.04. The maximum absolute atomic E-state index is 14.1. The number of hydrogen-bond donors (Lipinski definition) is 2. The van der Waals surface area contributed by atoms with E-state index in [1.54, 1.807) is 0 Å². The second-order valence-corrected chi connectivity index (χ2v) is 7.03. The monoisotopic (exact) mass is 326 g/mol. The molecule has 3 atom stereocenters. The van der Waals surface area contributed by atoms with E-state index in [4.69, 9.17) is 10.5 Å². The number of amides is 1. The Labute approximate surface area is 135 Å². The van der Waals surface area contributed by atoms with Crippen molar-refractivity contribution in [2.75, 3.05) is 6.54 Å². The number of hydrogen-bond acceptors (Lipinski definition) is 3. The molecule has 0 saturated carbocycles. The van der Waals surface area contributed by atoms with Gasteiger partial charge in [0, 0.05) is 18.2 Å². The van der Waals surface area contributed by atoms with E-state index in [2.05, 4.69) is 5.32 Å². The van der Waals surface area contributed by atoms with Gasteiger partial charge in [0.2, 0.25) is 5.91 Å². The van der Waals surface area contributed by atoms with Crippen LogP contribution in [0.5, 0.6) is 0 Å². The first-order valence-electron chi connectivity index (χ1n) is 7.83. The third-order valence-electron chi connectivity index (χ3n) is 4.09. The van der Waals surface area contributed by atoms with Crippen molar-refractivity contribution >= 4 is 5.91 Å². The lowest BCUT2D eigenvalue weighted by Gasteiger charge is -2.33. The molecule has 1 aliphatic rings. The first-order chi connectivity index (χ1) is 10.7. The van der Waals surface area contributed by atoms with E-state index >= 15 is 0 Å². The van der Waals surface area contributed by atoms with Crippen LogP contribution in [-0.2, 0) is 9.53 Å². The van der Waals surface area contributed by atoms with E-state index in [-0.39, 0.29) is 17.6 Å². The number of ether oxygens (including phenoxy) is 1. The van der Waals surface area contributed by atoms with Crippen LogP contribution in [0.3, 0.4) is 0 Å². The third kappa shape index (κ3) is 4.26. The maximum atomic E-state index is 14.1. The molecular formula is C17H24F2N2O2. The molecule has 1 amide bonds. The fourth-order valence-electron chi connectivity index (χ4n) is 2.80. The summed E-state index contributed by atoms with van der Waals surface area (Å²) in [5.41, 5.74) is 5.37. The summed E-state index contributed by atoms with van der Waals surface area (Å²) in [6.07, 6.45) is 0.647. The summed E-state index contributed by atoms with van der Waals surface area (Å²) in [5, 5.41) is 2.85. The Morgan fingerprint density at radius 2 is 2.09 bits per heavy atom. The molecule has 1 saturated heterocycles. The molecule has 0 aliphatic carbocycles. The molecule has 0 radical (unpaired) electrons. The van der Waals surface area contributed by atoms with E-state index in [0.29, 0.717) is 13.0 Å². The highest BCUT2D eigenvalue weighted by Crippen LogP contribution is 2.35. The van der Waals surface area contributed by atoms with Gasteiger partial charge in [0.25, 0.3) is 0 Å². The number of carbonyl (C=O) groups excluding carboxylic acids is 1. The lowest BCUT2D eigenvalue weighted by Crippen LogP contribution is -2.42. The van der Waals surface area contributed by atoms with Crippen molar-refractivity contribution in [1.29, 1.82) is 0 Å². The molecule has 3 N–H and O–H groups in total. The van der Waals surface area contributed by atoms with Gasteiger partial charge in [-0.15, -0.1) is 0 Å². The molecule has 4 nitrogen and oxygen atoms in total. The minimum absolute atomic E-state index is 0.110. The average Bonchev–Trinajstić information content (AvgIpc) is 2.93. The SMILES string of the molecule is CC(C)(C)C(NC(=O)[C@@H]1CC[C@H](CN)O1)c1ccc(F)cc1F. The van der Waals surface area contributed by atoms with Crippen molar-refractivity contribution in [2.24, 2.45) is 11.1 Å². The second-order valence-electron chi connectivity index (χ2n) is 7.03. The standard InChI is InChI=1S/C17H24F2N2O2/c1-17(2,3)15(12-6-4-10(18)8-13(12)19)21-16(22)14-7-5-11(9-20)23-14/h4,6,8,11,14-15H,5,7,9,20H2,1-3H3,(H,21,22)/t11-,14+,15?/m1/s1. The van der Waals surface area contributed by atoms with Crippen LogP contribution in [0.2, 0.25) is 0 Å². The second kappa shape index (κ2) is 6.93. The summed E-state index contributed by atoms with van der Waals surface area (Å²) in [6, 6.07) is 2.81. The smallest absolute Gasteiger partial charge is 0.249 e. The van der Waals surface area contributed by atoms with Gasteiger partial charge >= 0.3 is 0 Å². The lowest BCUT2D eigenvalue weighted by molar-refractivity contribution is -0.133. The third-order valence-corrected chi connectivity index (χ3v) is 4.09. The zero-order valence-electron chi connectivity index (χ0n) is 13.7. The Morgan fingerprint density at radius 3 is 2.61 bits per heavy atom. The van der Waals surface area contributed by atoms with Gasteiger partial charge in [0.15, 0.2) is 0 Å². The molecule has 1 heterocycles. The molecule has 1 aliphatic heterocycles. The largest absolute Gasteiger partial charge is 0.364 e. The summed E-state index contributed by atoms with van der Waals surface area (Å²) in [7, 11) is 0. The molecule has 1 unspecified atom stereocenters. The van der Waals surface area contributed by atoms with Crippen LogP contribution < -0.4 is 11.1 Å². The van der Waals surface area contributed by atoms with Gasteiger partial charge in [-0.3, -0.25) is 4.79 Å². The fourth-order valence-corrected chi connectivity index (χ4v) is 2.80. The van der Waals surface area contributed by atoms with Crippen molar-refractivity contribution in [3.05, 3.63) is 35.4 Å². The van der Waals surface area contributed by atoms with Crippen LogP contribution in [0.25, 0.3) is 0 Å². The Kier molecular flexibility index (Phi) is 5.37. The normalized spacial score (nSPS) is 22.9. The number of nitrogens with one attached hydrogen (secondary N) is 1. The molecule has 2 rings (SSSR count). The van der Waals surface area contributed by atoms with Crippen molar-refractivity contribution < 1.29 is 18.3 Å². The van der Waals surface area contributed by atoms with Crippen molar-refractivity contribution in [1.82, 2.24) is 5.32 Å². The highest BCUT2D eigenvalue weighted by Gasteiger charge is 2.35. The molecule has 0 spiro atoms. The Hall–Kier alpha value is -1.53. The highest BCUT2D eigenvalue weighted by molar-refractivity contribution is 5.81. The van der Waals surface area contributed by atoms with Gasteiger partial charge in [-0.25, -0.2) is 8.78 Å². The molecule has 23 heavy (non-hydrogen) atoms. The number of carbonyl (C=O) groups is 1. The summed E-state index contributed by atoms with van der Waals surface area (Å²) < 4.78 is 32.9. The summed E-state index contributed by atoms with van der Waals surface area (Å²) >= 11 is 0. The first-order valence-corrected chi connectivity index (χ1v) is 7.83.